The lowest BCUT2D eigenvalue weighted by Gasteiger charge is -2.06. The molecule has 0 fully saturated rings. The Morgan fingerprint density at radius 1 is 1.79 bits per heavy atom. The number of carbonyl (C=O) groups is 1. The standard InChI is InChI=1S/C9H14ClN3O/c1-3-13-6-8(5-11-13)12-9(14)7(2)4-10/h5-7H,3-4H2,1-2H3,(H,12,14). The van der Waals surface area contributed by atoms with Gasteiger partial charge in [0.05, 0.1) is 11.9 Å². The molecule has 0 aromatic carbocycles. The Kier molecular flexibility index (Phi) is 3.95. The molecule has 5 heteroatoms. The van der Waals surface area contributed by atoms with Crippen LogP contribution in [0.3, 0.4) is 0 Å². The fourth-order valence-electron chi connectivity index (χ4n) is 0.937. The molecule has 0 bridgehead atoms. The average molecular weight is 216 g/mol. The van der Waals surface area contributed by atoms with Crippen molar-refractivity contribution in [1.82, 2.24) is 9.78 Å². The summed E-state index contributed by atoms with van der Waals surface area (Å²) in [6.07, 6.45) is 3.42. The number of halogens is 1. The minimum atomic E-state index is -0.179. The molecule has 1 N–H and O–H groups in total. The van der Waals surface area contributed by atoms with Gasteiger partial charge < -0.3 is 5.32 Å². The molecule has 1 heterocycles. The number of hydrogen-bond acceptors (Lipinski definition) is 2. The van der Waals surface area contributed by atoms with Gasteiger partial charge in [-0.25, -0.2) is 0 Å². The van der Waals surface area contributed by atoms with Gasteiger partial charge in [-0.3, -0.25) is 9.48 Å². The van der Waals surface area contributed by atoms with Crippen LogP contribution in [-0.4, -0.2) is 21.6 Å². The van der Waals surface area contributed by atoms with Crippen molar-refractivity contribution in [2.75, 3.05) is 11.2 Å². The molecule has 1 aromatic heterocycles. The maximum absolute atomic E-state index is 11.4. The second kappa shape index (κ2) is 5.00. The van der Waals surface area contributed by atoms with Crippen molar-refractivity contribution in [2.45, 2.75) is 20.4 Å². The number of aromatic nitrogens is 2. The highest BCUT2D eigenvalue weighted by Crippen LogP contribution is 2.08. The Labute approximate surface area is 88.2 Å². The van der Waals surface area contributed by atoms with Gasteiger partial charge in [-0.1, -0.05) is 6.92 Å². The van der Waals surface area contributed by atoms with Crippen LogP contribution >= 0.6 is 11.6 Å². The van der Waals surface area contributed by atoms with Crippen LogP contribution in [0.5, 0.6) is 0 Å². The van der Waals surface area contributed by atoms with Crippen molar-refractivity contribution in [1.29, 1.82) is 0 Å². The quantitative estimate of drug-likeness (QED) is 0.778. The molecule has 1 rings (SSSR count). The molecule has 0 aliphatic heterocycles. The van der Waals surface area contributed by atoms with E-state index in [2.05, 4.69) is 10.4 Å². The first-order chi connectivity index (χ1) is 6.67. The predicted octanol–water partition coefficient (Wildman–Crippen LogP) is 1.72. The maximum Gasteiger partial charge on any atom is 0.228 e. The molecule has 0 spiro atoms. The van der Waals surface area contributed by atoms with Crippen LogP contribution in [0, 0.1) is 5.92 Å². The van der Waals surface area contributed by atoms with E-state index in [1.165, 1.54) is 0 Å². The number of nitrogens with zero attached hydrogens (tertiary/aromatic N) is 2. The minimum absolute atomic E-state index is 0.0735. The van der Waals surface area contributed by atoms with Crippen molar-refractivity contribution in [3.05, 3.63) is 12.4 Å². The van der Waals surface area contributed by atoms with Crippen molar-refractivity contribution >= 4 is 23.2 Å². The Morgan fingerprint density at radius 3 is 3.00 bits per heavy atom. The number of carbonyl (C=O) groups excluding carboxylic acids is 1. The van der Waals surface area contributed by atoms with E-state index in [1.54, 1.807) is 24.0 Å². The predicted molar refractivity (Wildman–Crippen MR) is 56.4 cm³/mol. The highest BCUT2D eigenvalue weighted by molar-refractivity contribution is 6.19. The average Bonchev–Trinajstić information content (AvgIpc) is 2.64. The largest absolute Gasteiger partial charge is 0.323 e. The molecular formula is C9H14ClN3O. The number of anilines is 1. The fraction of sp³-hybridized carbons (Fsp3) is 0.556. The molecule has 1 amide bonds. The lowest BCUT2D eigenvalue weighted by molar-refractivity contribution is -0.118. The first kappa shape index (κ1) is 11.0. The number of rotatable bonds is 4. The molecule has 1 aromatic rings. The molecule has 0 radical (unpaired) electrons. The van der Waals surface area contributed by atoms with Gasteiger partial charge in [-0.05, 0) is 6.92 Å². The van der Waals surface area contributed by atoms with Crippen molar-refractivity contribution in [2.24, 2.45) is 5.92 Å². The lowest BCUT2D eigenvalue weighted by atomic mass is 10.2. The summed E-state index contributed by atoms with van der Waals surface area (Å²) in [5.74, 6) is 0.0746. The molecular weight excluding hydrogens is 202 g/mol. The van der Waals surface area contributed by atoms with Crippen LogP contribution in [0.2, 0.25) is 0 Å². The minimum Gasteiger partial charge on any atom is -0.323 e. The molecule has 1 unspecified atom stereocenters. The second-order valence-corrected chi connectivity index (χ2v) is 3.44. The molecule has 0 aliphatic rings. The highest BCUT2D eigenvalue weighted by Gasteiger charge is 2.11. The molecule has 14 heavy (non-hydrogen) atoms. The topological polar surface area (TPSA) is 46.9 Å². The van der Waals surface area contributed by atoms with Crippen LogP contribution in [0.4, 0.5) is 5.69 Å². The zero-order valence-electron chi connectivity index (χ0n) is 8.33. The van der Waals surface area contributed by atoms with E-state index in [0.717, 1.165) is 6.54 Å². The van der Waals surface area contributed by atoms with Gasteiger partial charge in [0.15, 0.2) is 0 Å². The van der Waals surface area contributed by atoms with E-state index in [-0.39, 0.29) is 11.8 Å². The van der Waals surface area contributed by atoms with Crippen molar-refractivity contribution < 1.29 is 4.79 Å². The molecule has 0 saturated heterocycles. The third-order valence-corrected chi connectivity index (χ3v) is 2.37. The van der Waals surface area contributed by atoms with Crippen LogP contribution < -0.4 is 5.32 Å². The van der Waals surface area contributed by atoms with Gasteiger partial charge in [0.1, 0.15) is 0 Å². The second-order valence-electron chi connectivity index (χ2n) is 3.13. The van der Waals surface area contributed by atoms with E-state index in [1.807, 2.05) is 6.92 Å². The zero-order valence-corrected chi connectivity index (χ0v) is 9.08. The smallest absolute Gasteiger partial charge is 0.228 e. The Bertz CT molecular complexity index is 311. The summed E-state index contributed by atoms with van der Waals surface area (Å²) in [6, 6.07) is 0. The molecule has 0 aliphatic carbocycles. The SMILES string of the molecule is CCn1cc(NC(=O)C(C)CCl)cn1. The van der Waals surface area contributed by atoms with Crippen LogP contribution in [-0.2, 0) is 11.3 Å². The fourth-order valence-corrected chi connectivity index (χ4v) is 1.08. The maximum atomic E-state index is 11.4. The Hall–Kier alpha value is -1.03. The molecule has 78 valence electrons. The van der Waals surface area contributed by atoms with E-state index in [9.17, 15) is 4.79 Å². The van der Waals surface area contributed by atoms with Gasteiger partial charge in [-0.15, -0.1) is 11.6 Å². The van der Waals surface area contributed by atoms with Gasteiger partial charge in [0, 0.05) is 24.5 Å². The summed E-state index contributed by atoms with van der Waals surface area (Å²) in [7, 11) is 0. The lowest BCUT2D eigenvalue weighted by Crippen LogP contribution is -2.21. The molecule has 0 saturated carbocycles. The zero-order chi connectivity index (χ0) is 10.6. The Balaban J connectivity index is 2.56. The van der Waals surface area contributed by atoms with Crippen LogP contribution in [0.15, 0.2) is 12.4 Å². The van der Waals surface area contributed by atoms with Crippen molar-refractivity contribution in [3.8, 4) is 0 Å². The van der Waals surface area contributed by atoms with Crippen LogP contribution in [0.25, 0.3) is 0 Å². The molecule has 1 atom stereocenters. The van der Waals surface area contributed by atoms with Gasteiger partial charge in [0.2, 0.25) is 5.91 Å². The third-order valence-electron chi connectivity index (χ3n) is 1.90. The summed E-state index contributed by atoms with van der Waals surface area (Å²) in [5.41, 5.74) is 0.716. The first-order valence-corrected chi connectivity index (χ1v) is 5.10. The summed E-state index contributed by atoms with van der Waals surface area (Å²) < 4.78 is 1.75. The summed E-state index contributed by atoms with van der Waals surface area (Å²) in [6.45, 7) is 4.56. The number of hydrogen-bond donors (Lipinski definition) is 1. The van der Waals surface area contributed by atoms with Gasteiger partial charge >= 0.3 is 0 Å². The van der Waals surface area contributed by atoms with E-state index >= 15 is 0 Å². The Morgan fingerprint density at radius 2 is 2.50 bits per heavy atom. The number of alkyl halides is 1. The van der Waals surface area contributed by atoms with Gasteiger partial charge in [0.25, 0.3) is 0 Å². The van der Waals surface area contributed by atoms with Gasteiger partial charge in [-0.2, -0.15) is 5.10 Å². The monoisotopic (exact) mass is 215 g/mol. The third kappa shape index (κ3) is 2.73. The van der Waals surface area contributed by atoms with Crippen molar-refractivity contribution in [3.63, 3.8) is 0 Å². The summed E-state index contributed by atoms with van der Waals surface area (Å²) in [4.78, 5) is 11.4. The number of nitrogens with one attached hydrogen (secondary N) is 1. The van der Waals surface area contributed by atoms with Crippen LogP contribution in [0.1, 0.15) is 13.8 Å². The summed E-state index contributed by atoms with van der Waals surface area (Å²) >= 11 is 5.56. The van der Waals surface area contributed by atoms with E-state index in [0.29, 0.717) is 11.6 Å². The van der Waals surface area contributed by atoms with E-state index < -0.39 is 0 Å². The normalized spacial score (nSPS) is 12.5. The first-order valence-electron chi connectivity index (χ1n) is 4.56. The summed E-state index contributed by atoms with van der Waals surface area (Å²) in [5, 5.41) is 6.78. The number of aryl methyl sites for hydroxylation is 1. The highest BCUT2D eigenvalue weighted by atomic mass is 35.5. The van der Waals surface area contributed by atoms with E-state index in [4.69, 9.17) is 11.6 Å². The molecule has 4 nitrogen and oxygen atoms in total. The number of amides is 1.